The summed E-state index contributed by atoms with van der Waals surface area (Å²) in [5.74, 6) is 0.681. The predicted octanol–water partition coefficient (Wildman–Crippen LogP) is 12.2. The molecule has 3 heterocycles. The lowest BCUT2D eigenvalue weighted by atomic mass is 9.97. The van der Waals surface area contributed by atoms with Gasteiger partial charge in [-0.2, -0.15) is 0 Å². The minimum atomic E-state index is 0.681. The number of thiophene rings is 1. The van der Waals surface area contributed by atoms with Crippen molar-refractivity contribution in [3.05, 3.63) is 152 Å². The Bertz CT molecular complexity index is 3130. The van der Waals surface area contributed by atoms with Crippen molar-refractivity contribution < 1.29 is 0 Å². The minimum Gasteiger partial charge on any atom is -0.278 e. The van der Waals surface area contributed by atoms with Crippen molar-refractivity contribution in [2.24, 2.45) is 0 Å². The molecule has 11 aromatic rings. The molecular formula is C44H25N3S. The van der Waals surface area contributed by atoms with Gasteiger partial charge >= 0.3 is 0 Å². The van der Waals surface area contributed by atoms with Crippen molar-refractivity contribution in [1.29, 1.82) is 0 Å². The summed E-state index contributed by atoms with van der Waals surface area (Å²) in [6.07, 6.45) is 0. The number of para-hydroxylation sites is 2. The zero-order valence-corrected chi connectivity index (χ0v) is 26.5. The van der Waals surface area contributed by atoms with Gasteiger partial charge in [0, 0.05) is 41.9 Å². The van der Waals surface area contributed by atoms with Gasteiger partial charge in [-0.15, -0.1) is 11.3 Å². The molecule has 3 aromatic heterocycles. The van der Waals surface area contributed by atoms with E-state index in [1.807, 2.05) is 11.3 Å². The van der Waals surface area contributed by atoms with Gasteiger partial charge < -0.3 is 0 Å². The van der Waals surface area contributed by atoms with Crippen molar-refractivity contribution in [3.8, 4) is 17.2 Å². The molecule has 48 heavy (non-hydrogen) atoms. The second kappa shape index (κ2) is 9.71. The number of fused-ring (bicyclic) bond motifs is 13. The summed E-state index contributed by atoms with van der Waals surface area (Å²) in [6.45, 7) is 0. The van der Waals surface area contributed by atoms with E-state index in [4.69, 9.17) is 9.97 Å². The Morgan fingerprint density at radius 3 is 2.06 bits per heavy atom. The van der Waals surface area contributed by atoms with Crippen LogP contribution in [-0.4, -0.2) is 14.5 Å². The Labute approximate surface area is 278 Å². The molecule has 0 atom stereocenters. The molecule has 0 unspecified atom stereocenters. The standard InChI is InChI=1S/C44H25N3S/c1-2-11-29-25-30(20-17-26(29)9-1)42-32-13-5-7-15-35(32)45-44(46-42)47-36-16-8-6-14-33(36)40-37(47)23-22-34-41-38(48-43(34)40)24-21-28-19-18-27-10-3-4-12-31(27)39(28)41/h1-25H. The second-order valence-corrected chi connectivity index (χ2v) is 13.6. The molecule has 8 aromatic carbocycles. The molecule has 0 saturated carbocycles. The van der Waals surface area contributed by atoms with Gasteiger partial charge in [0.15, 0.2) is 0 Å². The molecule has 3 nitrogen and oxygen atoms in total. The van der Waals surface area contributed by atoms with Crippen LogP contribution in [0.2, 0.25) is 0 Å². The van der Waals surface area contributed by atoms with Crippen LogP contribution in [0, 0.1) is 0 Å². The highest BCUT2D eigenvalue weighted by Crippen LogP contribution is 2.46. The van der Waals surface area contributed by atoms with Gasteiger partial charge in [-0.1, -0.05) is 121 Å². The van der Waals surface area contributed by atoms with E-state index in [1.165, 1.54) is 63.3 Å². The van der Waals surface area contributed by atoms with Crippen molar-refractivity contribution in [2.75, 3.05) is 0 Å². The van der Waals surface area contributed by atoms with Crippen LogP contribution in [0.1, 0.15) is 0 Å². The minimum absolute atomic E-state index is 0.681. The molecule has 222 valence electrons. The SMILES string of the molecule is c1ccc2cc(-c3nc(-n4c5ccccc5c5c6sc7ccc8ccc9ccccc9c8c7c6ccc54)nc4ccccc34)ccc2c1. The number of hydrogen-bond donors (Lipinski definition) is 0. The summed E-state index contributed by atoms with van der Waals surface area (Å²) in [7, 11) is 0. The van der Waals surface area contributed by atoms with E-state index >= 15 is 0 Å². The summed E-state index contributed by atoms with van der Waals surface area (Å²) in [6, 6.07) is 54.6. The van der Waals surface area contributed by atoms with Gasteiger partial charge in [0.2, 0.25) is 5.95 Å². The maximum absolute atomic E-state index is 5.37. The lowest BCUT2D eigenvalue weighted by molar-refractivity contribution is 1.01. The topological polar surface area (TPSA) is 30.7 Å². The number of rotatable bonds is 2. The predicted molar refractivity (Wildman–Crippen MR) is 205 cm³/mol. The lowest BCUT2D eigenvalue weighted by Crippen LogP contribution is -2.03. The summed E-state index contributed by atoms with van der Waals surface area (Å²) >= 11 is 1.89. The van der Waals surface area contributed by atoms with Gasteiger partial charge in [-0.05, 0) is 62.6 Å². The highest BCUT2D eigenvalue weighted by atomic mass is 32.1. The Morgan fingerprint density at radius 2 is 1.15 bits per heavy atom. The molecule has 4 heteroatoms. The van der Waals surface area contributed by atoms with Crippen LogP contribution in [-0.2, 0) is 0 Å². The molecule has 0 N–H and O–H groups in total. The van der Waals surface area contributed by atoms with Gasteiger partial charge in [0.25, 0.3) is 0 Å². The first-order valence-corrected chi connectivity index (χ1v) is 17.1. The van der Waals surface area contributed by atoms with E-state index in [-0.39, 0.29) is 0 Å². The molecule has 0 aliphatic rings. The molecule has 0 fully saturated rings. The Morgan fingerprint density at radius 1 is 0.438 bits per heavy atom. The fourth-order valence-electron chi connectivity index (χ4n) is 7.81. The smallest absolute Gasteiger partial charge is 0.235 e. The molecule has 0 bridgehead atoms. The van der Waals surface area contributed by atoms with E-state index in [0.717, 1.165) is 33.2 Å². The summed E-state index contributed by atoms with van der Waals surface area (Å²) in [4.78, 5) is 10.6. The van der Waals surface area contributed by atoms with Crippen molar-refractivity contribution >= 4 is 96.5 Å². The number of aromatic nitrogens is 3. The monoisotopic (exact) mass is 627 g/mol. The third kappa shape index (κ3) is 3.58. The van der Waals surface area contributed by atoms with E-state index in [0.29, 0.717) is 5.95 Å². The Balaban J connectivity index is 1.24. The molecular weight excluding hydrogens is 603 g/mol. The van der Waals surface area contributed by atoms with Crippen LogP contribution in [0.15, 0.2) is 152 Å². The average molecular weight is 628 g/mol. The van der Waals surface area contributed by atoms with Crippen molar-refractivity contribution in [3.63, 3.8) is 0 Å². The zero-order valence-electron chi connectivity index (χ0n) is 25.7. The van der Waals surface area contributed by atoms with Gasteiger partial charge in [0.1, 0.15) is 0 Å². The molecule has 0 amide bonds. The third-order valence-corrected chi connectivity index (χ3v) is 11.1. The first-order chi connectivity index (χ1) is 23.8. The number of nitrogens with zero attached hydrogens (tertiary/aromatic N) is 3. The fourth-order valence-corrected chi connectivity index (χ4v) is 9.08. The second-order valence-electron chi connectivity index (χ2n) is 12.6. The quantitative estimate of drug-likeness (QED) is 0.179. The van der Waals surface area contributed by atoms with E-state index in [2.05, 4.69) is 156 Å². The normalized spacial score (nSPS) is 12.2. The summed E-state index contributed by atoms with van der Waals surface area (Å²) in [5, 5.41) is 13.7. The van der Waals surface area contributed by atoms with Crippen molar-refractivity contribution in [1.82, 2.24) is 14.5 Å². The molecule has 0 spiro atoms. The van der Waals surface area contributed by atoms with Crippen LogP contribution < -0.4 is 0 Å². The van der Waals surface area contributed by atoms with Gasteiger partial charge in [-0.3, -0.25) is 4.57 Å². The largest absolute Gasteiger partial charge is 0.278 e. The van der Waals surface area contributed by atoms with Crippen LogP contribution in [0.5, 0.6) is 0 Å². The van der Waals surface area contributed by atoms with Gasteiger partial charge in [0.05, 0.1) is 22.2 Å². The molecule has 0 aliphatic heterocycles. The number of hydrogen-bond acceptors (Lipinski definition) is 3. The van der Waals surface area contributed by atoms with Gasteiger partial charge in [-0.25, -0.2) is 9.97 Å². The van der Waals surface area contributed by atoms with E-state index in [9.17, 15) is 0 Å². The maximum atomic E-state index is 5.37. The lowest BCUT2D eigenvalue weighted by Gasteiger charge is -2.12. The molecule has 0 saturated heterocycles. The highest BCUT2D eigenvalue weighted by Gasteiger charge is 2.21. The van der Waals surface area contributed by atoms with Crippen LogP contribution in [0.25, 0.3) is 102 Å². The van der Waals surface area contributed by atoms with Crippen LogP contribution >= 0.6 is 11.3 Å². The van der Waals surface area contributed by atoms with E-state index < -0.39 is 0 Å². The van der Waals surface area contributed by atoms with Crippen LogP contribution in [0.3, 0.4) is 0 Å². The molecule has 11 rings (SSSR count). The maximum Gasteiger partial charge on any atom is 0.235 e. The summed E-state index contributed by atoms with van der Waals surface area (Å²) in [5.41, 5.74) is 5.17. The fraction of sp³-hybridized carbons (Fsp3) is 0. The third-order valence-electron chi connectivity index (χ3n) is 9.96. The van der Waals surface area contributed by atoms with E-state index in [1.54, 1.807) is 0 Å². The highest BCUT2D eigenvalue weighted by molar-refractivity contribution is 7.27. The van der Waals surface area contributed by atoms with Crippen LogP contribution in [0.4, 0.5) is 0 Å². The number of benzene rings is 8. The average Bonchev–Trinajstić information content (AvgIpc) is 3.70. The molecule has 0 aliphatic carbocycles. The summed E-state index contributed by atoms with van der Waals surface area (Å²) < 4.78 is 4.87. The zero-order chi connectivity index (χ0) is 31.3. The van der Waals surface area contributed by atoms with Crippen molar-refractivity contribution in [2.45, 2.75) is 0 Å². The Hall–Kier alpha value is -6.10. The molecule has 0 radical (unpaired) electrons. The first-order valence-electron chi connectivity index (χ1n) is 16.3. The Kier molecular flexibility index (Phi) is 5.26. The first kappa shape index (κ1) is 26.0.